The first-order chi connectivity index (χ1) is 7.60. The molecule has 0 N–H and O–H groups in total. The molecule has 0 atom stereocenters. The van der Waals surface area contributed by atoms with Crippen molar-refractivity contribution in [1.29, 1.82) is 0 Å². The Morgan fingerprint density at radius 2 is 1.88 bits per heavy atom. The number of ether oxygens (including phenoxy) is 1. The van der Waals surface area contributed by atoms with Crippen LogP contribution in [-0.2, 0) is 4.74 Å². The highest BCUT2D eigenvalue weighted by Crippen LogP contribution is 2.36. The van der Waals surface area contributed by atoms with E-state index in [-0.39, 0.29) is 0 Å². The summed E-state index contributed by atoms with van der Waals surface area (Å²) in [4.78, 5) is 4.75. The zero-order valence-corrected chi connectivity index (χ0v) is 11.6. The molecule has 0 aromatic rings. The lowest BCUT2D eigenvalue weighted by molar-refractivity contribution is 0.0194. The van der Waals surface area contributed by atoms with Gasteiger partial charge in [0.2, 0.25) is 0 Å². The van der Waals surface area contributed by atoms with Crippen LogP contribution in [0.5, 0.6) is 0 Å². The fraction of sp³-hybridized carbons (Fsp3) is 1.00. The van der Waals surface area contributed by atoms with Crippen LogP contribution in [0.15, 0.2) is 0 Å². The minimum atomic E-state index is 0.418. The fourth-order valence-electron chi connectivity index (χ4n) is 2.29. The van der Waals surface area contributed by atoms with Crippen molar-refractivity contribution in [2.75, 3.05) is 53.3 Å². The molecular formula is C12H25ClN2O. The average molecular weight is 249 g/mol. The van der Waals surface area contributed by atoms with Crippen molar-refractivity contribution < 1.29 is 4.74 Å². The van der Waals surface area contributed by atoms with E-state index in [9.17, 15) is 0 Å². The van der Waals surface area contributed by atoms with Gasteiger partial charge in [0, 0.05) is 24.5 Å². The molecule has 1 aliphatic rings. The Morgan fingerprint density at radius 1 is 1.19 bits per heavy atom. The Kier molecular flexibility index (Phi) is 6.05. The predicted octanol–water partition coefficient (Wildman–Crippen LogP) is 1.66. The number of alkyl halides is 1. The van der Waals surface area contributed by atoms with Crippen molar-refractivity contribution in [2.45, 2.75) is 24.8 Å². The van der Waals surface area contributed by atoms with Crippen LogP contribution in [0, 0.1) is 0 Å². The van der Waals surface area contributed by atoms with E-state index in [4.69, 9.17) is 16.3 Å². The van der Waals surface area contributed by atoms with Crippen molar-refractivity contribution in [2.24, 2.45) is 0 Å². The Bertz CT molecular complexity index is 195. The second-order valence-corrected chi connectivity index (χ2v) is 5.39. The van der Waals surface area contributed by atoms with Crippen molar-refractivity contribution >= 4 is 11.6 Å². The highest BCUT2D eigenvalue weighted by atomic mass is 35.5. The normalized spacial score (nSPS) is 19.1. The van der Waals surface area contributed by atoms with Crippen LogP contribution in [0.3, 0.4) is 0 Å². The van der Waals surface area contributed by atoms with Gasteiger partial charge in [0.1, 0.15) is 0 Å². The summed E-state index contributed by atoms with van der Waals surface area (Å²) in [5, 5.41) is 0. The van der Waals surface area contributed by atoms with Crippen LogP contribution in [0.1, 0.15) is 19.3 Å². The van der Waals surface area contributed by atoms with Gasteiger partial charge in [0.15, 0.2) is 0 Å². The smallest absolute Gasteiger partial charge is 0.0602 e. The van der Waals surface area contributed by atoms with Gasteiger partial charge in [-0.1, -0.05) is 0 Å². The zero-order chi connectivity index (χ0) is 12.0. The van der Waals surface area contributed by atoms with E-state index in [1.54, 1.807) is 0 Å². The van der Waals surface area contributed by atoms with E-state index in [1.165, 1.54) is 19.3 Å². The van der Waals surface area contributed by atoms with Gasteiger partial charge in [-0.2, -0.15) is 0 Å². The molecule has 1 saturated carbocycles. The van der Waals surface area contributed by atoms with E-state index < -0.39 is 0 Å². The maximum Gasteiger partial charge on any atom is 0.0602 e. The van der Waals surface area contributed by atoms with Gasteiger partial charge < -0.3 is 14.5 Å². The molecule has 96 valence electrons. The highest BCUT2D eigenvalue weighted by molar-refractivity contribution is 6.17. The van der Waals surface area contributed by atoms with Crippen molar-refractivity contribution in [1.82, 2.24) is 9.80 Å². The van der Waals surface area contributed by atoms with Crippen molar-refractivity contribution in [3.05, 3.63) is 0 Å². The molecule has 1 aliphatic carbocycles. The molecule has 3 nitrogen and oxygen atoms in total. The molecule has 0 unspecified atom stereocenters. The summed E-state index contributed by atoms with van der Waals surface area (Å²) in [6, 6.07) is 0. The third-order valence-electron chi connectivity index (χ3n) is 3.64. The molecule has 0 saturated heterocycles. The van der Waals surface area contributed by atoms with Gasteiger partial charge in [-0.3, -0.25) is 0 Å². The van der Waals surface area contributed by atoms with Crippen LogP contribution >= 0.6 is 11.6 Å². The van der Waals surface area contributed by atoms with Crippen LogP contribution in [0.2, 0.25) is 0 Å². The van der Waals surface area contributed by atoms with Gasteiger partial charge in [-0.25, -0.2) is 0 Å². The van der Waals surface area contributed by atoms with E-state index in [0.717, 1.165) is 19.7 Å². The SMILES string of the molecule is CN(CCOCCCl)CC1(N(C)C)CCC1. The molecule has 0 aromatic heterocycles. The minimum absolute atomic E-state index is 0.418. The second-order valence-electron chi connectivity index (χ2n) is 5.01. The van der Waals surface area contributed by atoms with Gasteiger partial charge in [0.25, 0.3) is 0 Å². The second kappa shape index (κ2) is 6.80. The van der Waals surface area contributed by atoms with Gasteiger partial charge >= 0.3 is 0 Å². The summed E-state index contributed by atoms with van der Waals surface area (Å²) in [5.41, 5.74) is 0.418. The molecule has 0 heterocycles. The molecule has 1 rings (SSSR count). The molecule has 0 bridgehead atoms. The van der Waals surface area contributed by atoms with Crippen molar-refractivity contribution in [3.63, 3.8) is 0 Å². The highest BCUT2D eigenvalue weighted by Gasteiger charge is 2.39. The van der Waals surface area contributed by atoms with Crippen LogP contribution in [0.4, 0.5) is 0 Å². The van der Waals surface area contributed by atoms with Gasteiger partial charge in [-0.05, 0) is 40.4 Å². The zero-order valence-electron chi connectivity index (χ0n) is 10.8. The van der Waals surface area contributed by atoms with Crippen LogP contribution in [-0.4, -0.2) is 68.7 Å². The number of nitrogens with zero attached hydrogens (tertiary/aromatic N) is 2. The monoisotopic (exact) mass is 248 g/mol. The fourth-order valence-corrected chi connectivity index (χ4v) is 2.40. The maximum absolute atomic E-state index is 5.55. The predicted molar refractivity (Wildman–Crippen MR) is 69.3 cm³/mol. The third kappa shape index (κ3) is 3.88. The molecule has 0 aromatic carbocycles. The molecule has 0 spiro atoms. The van der Waals surface area contributed by atoms with E-state index >= 15 is 0 Å². The lowest BCUT2D eigenvalue weighted by Gasteiger charge is -2.49. The first-order valence-electron chi connectivity index (χ1n) is 6.10. The third-order valence-corrected chi connectivity index (χ3v) is 3.79. The number of halogens is 1. The number of rotatable bonds is 8. The molecule has 0 radical (unpaired) electrons. The quantitative estimate of drug-likeness (QED) is 0.480. The summed E-state index contributed by atoms with van der Waals surface area (Å²) in [6.45, 7) is 3.58. The Balaban J connectivity index is 2.19. The summed E-state index contributed by atoms with van der Waals surface area (Å²) < 4.78 is 5.39. The molecule has 16 heavy (non-hydrogen) atoms. The lowest BCUT2D eigenvalue weighted by atomic mass is 9.75. The van der Waals surface area contributed by atoms with Gasteiger partial charge in [0.05, 0.1) is 13.2 Å². The molecular weight excluding hydrogens is 224 g/mol. The molecule has 1 fully saturated rings. The Morgan fingerprint density at radius 3 is 2.31 bits per heavy atom. The molecule has 4 heteroatoms. The van der Waals surface area contributed by atoms with Crippen molar-refractivity contribution in [3.8, 4) is 0 Å². The molecule has 0 amide bonds. The summed E-state index contributed by atoms with van der Waals surface area (Å²) >= 11 is 5.55. The first kappa shape index (κ1) is 14.2. The van der Waals surface area contributed by atoms with Crippen LogP contribution in [0.25, 0.3) is 0 Å². The lowest BCUT2D eigenvalue weighted by Crippen LogP contribution is -2.56. The summed E-state index contributed by atoms with van der Waals surface area (Å²) in [7, 11) is 6.56. The summed E-state index contributed by atoms with van der Waals surface area (Å²) in [5.74, 6) is 0.589. The maximum atomic E-state index is 5.55. The van der Waals surface area contributed by atoms with E-state index in [0.29, 0.717) is 18.0 Å². The first-order valence-corrected chi connectivity index (χ1v) is 6.64. The van der Waals surface area contributed by atoms with E-state index in [1.807, 2.05) is 0 Å². The number of likely N-dealkylation sites (N-methyl/N-ethyl adjacent to an activating group) is 2. The Labute approximate surface area is 105 Å². The average Bonchev–Trinajstić information content (AvgIpc) is 2.18. The van der Waals surface area contributed by atoms with Gasteiger partial charge in [-0.15, -0.1) is 11.6 Å². The van der Waals surface area contributed by atoms with Crippen LogP contribution < -0.4 is 0 Å². The Hall–Kier alpha value is 0.170. The standard InChI is InChI=1S/C12H25ClN2O/c1-14(2)12(5-4-6-12)11-15(3)8-10-16-9-7-13/h4-11H2,1-3H3. The minimum Gasteiger partial charge on any atom is -0.379 e. The molecule has 0 aliphatic heterocycles. The largest absolute Gasteiger partial charge is 0.379 e. The summed E-state index contributed by atoms with van der Waals surface area (Å²) in [6.07, 6.45) is 4.02. The topological polar surface area (TPSA) is 15.7 Å². The number of hydrogen-bond donors (Lipinski definition) is 0. The van der Waals surface area contributed by atoms with E-state index in [2.05, 4.69) is 30.9 Å². The number of hydrogen-bond acceptors (Lipinski definition) is 3.